The van der Waals surface area contributed by atoms with E-state index in [2.05, 4.69) is 22.3 Å². The molecule has 3 heterocycles. The van der Waals surface area contributed by atoms with Gasteiger partial charge in [-0.1, -0.05) is 31.4 Å². The van der Waals surface area contributed by atoms with Gasteiger partial charge in [0, 0.05) is 25.0 Å². The summed E-state index contributed by atoms with van der Waals surface area (Å²) in [6, 6.07) is 5.47. The summed E-state index contributed by atoms with van der Waals surface area (Å²) in [6.45, 7) is 2.55. The van der Waals surface area contributed by atoms with Crippen LogP contribution in [0.3, 0.4) is 0 Å². The van der Waals surface area contributed by atoms with Gasteiger partial charge in [-0.05, 0) is 24.6 Å². The number of unbranched alkanes of at least 4 members (excludes halogenated alkanes) is 2. The summed E-state index contributed by atoms with van der Waals surface area (Å²) >= 11 is 7.65. The molecule has 4 rings (SSSR count). The zero-order valence-corrected chi connectivity index (χ0v) is 21.1. The summed E-state index contributed by atoms with van der Waals surface area (Å²) < 4.78 is 9.32. The first-order valence-corrected chi connectivity index (χ1v) is 12.4. The van der Waals surface area contributed by atoms with E-state index in [9.17, 15) is 14.4 Å². The van der Waals surface area contributed by atoms with Crippen molar-refractivity contribution in [3.05, 3.63) is 55.6 Å². The molecule has 12 heteroatoms. The third kappa shape index (κ3) is 5.15. The van der Waals surface area contributed by atoms with Crippen molar-refractivity contribution in [2.75, 3.05) is 11.9 Å². The number of ether oxygens (including phenoxy) is 1. The van der Waals surface area contributed by atoms with Gasteiger partial charge in [0.2, 0.25) is 5.91 Å². The molecule has 1 aromatic carbocycles. The summed E-state index contributed by atoms with van der Waals surface area (Å²) in [7, 11) is 2.93. The van der Waals surface area contributed by atoms with Gasteiger partial charge in [-0.3, -0.25) is 18.7 Å². The highest BCUT2D eigenvalue weighted by Crippen LogP contribution is 2.32. The summed E-state index contributed by atoms with van der Waals surface area (Å²) in [6.07, 6.45) is 4.60. The number of rotatable bonds is 9. The number of fused-ring (bicyclic) bond motifs is 1. The van der Waals surface area contributed by atoms with Gasteiger partial charge < -0.3 is 10.1 Å². The highest BCUT2D eigenvalue weighted by Gasteiger charge is 2.17. The molecule has 0 spiro atoms. The maximum atomic E-state index is 12.6. The van der Waals surface area contributed by atoms with Crippen molar-refractivity contribution in [3.8, 4) is 17.0 Å². The van der Waals surface area contributed by atoms with Crippen LogP contribution in [0.5, 0.6) is 5.75 Å². The van der Waals surface area contributed by atoms with Crippen molar-refractivity contribution in [2.24, 2.45) is 14.1 Å². The largest absolute Gasteiger partial charge is 0.492 e. The fraction of sp³-hybridized carbons (Fsp3) is 0.348. The third-order valence-corrected chi connectivity index (χ3v) is 6.59. The lowest BCUT2D eigenvalue weighted by atomic mass is 10.2. The molecule has 35 heavy (non-hydrogen) atoms. The Balaban J connectivity index is 1.45. The number of halogens is 1. The Morgan fingerprint density at radius 3 is 2.74 bits per heavy atom. The number of thiazole rings is 1. The number of anilines is 1. The number of aromatic nitrogens is 5. The van der Waals surface area contributed by atoms with Crippen LogP contribution in [0.15, 0.2) is 39.4 Å². The summed E-state index contributed by atoms with van der Waals surface area (Å²) in [5, 5.41) is 9.57. The molecular formula is C23H25ClN6O4S. The lowest BCUT2D eigenvalue weighted by Crippen LogP contribution is -2.37. The van der Waals surface area contributed by atoms with Crippen LogP contribution in [-0.2, 0) is 25.4 Å². The number of hydrogen-bond donors (Lipinski definition) is 1. The van der Waals surface area contributed by atoms with Crippen LogP contribution in [0.25, 0.3) is 22.3 Å². The Hall–Kier alpha value is -3.44. The highest BCUT2D eigenvalue weighted by atomic mass is 35.5. The molecule has 0 fully saturated rings. The monoisotopic (exact) mass is 516 g/mol. The molecule has 1 amide bonds. The lowest BCUT2D eigenvalue weighted by molar-refractivity contribution is -0.116. The number of aryl methyl sites for hydroxylation is 1. The minimum absolute atomic E-state index is 0.177. The molecule has 0 saturated carbocycles. The molecule has 0 aliphatic rings. The third-order valence-electron chi connectivity index (χ3n) is 5.54. The Kier molecular flexibility index (Phi) is 7.37. The van der Waals surface area contributed by atoms with Crippen LogP contribution in [0, 0.1) is 0 Å². The average molecular weight is 517 g/mol. The highest BCUT2D eigenvalue weighted by molar-refractivity contribution is 7.14. The molecule has 0 aliphatic heterocycles. The van der Waals surface area contributed by atoms with Crippen molar-refractivity contribution in [2.45, 2.75) is 32.7 Å². The lowest BCUT2D eigenvalue weighted by Gasteiger charge is -2.08. The SMILES string of the molecule is CCCCCOc1ccc(-c2csc(NC(=O)Cn3ncc4c3c(=O)n(C)c(=O)n4C)n2)cc1Cl. The van der Waals surface area contributed by atoms with Gasteiger partial charge in [0.25, 0.3) is 5.56 Å². The topological polar surface area (TPSA) is 113 Å². The molecule has 3 aromatic heterocycles. The molecule has 0 radical (unpaired) electrons. The fourth-order valence-corrected chi connectivity index (χ4v) is 4.58. The Morgan fingerprint density at radius 2 is 2.00 bits per heavy atom. The number of hydrogen-bond acceptors (Lipinski definition) is 7. The van der Waals surface area contributed by atoms with E-state index in [0.29, 0.717) is 33.7 Å². The number of nitrogens with one attached hydrogen (secondary N) is 1. The zero-order chi connectivity index (χ0) is 25.1. The number of carbonyl (C=O) groups excluding carboxylic acids is 1. The van der Waals surface area contributed by atoms with Crippen molar-refractivity contribution >= 4 is 45.0 Å². The van der Waals surface area contributed by atoms with Crippen LogP contribution in [0.1, 0.15) is 26.2 Å². The molecule has 1 N–H and O–H groups in total. The minimum atomic E-state index is -0.514. The maximum Gasteiger partial charge on any atom is 0.331 e. The Labute approximate surface area is 209 Å². The number of amides is 1. The molecule has 184 valence electrons. The van der Waals surface area contributed by atoms with Crippen LogP contribution >= 0.6 is 22.9 Å². The van der Waals surface area contributed by atoms with E-state index in [1.165, 1.54) is 33.8 Å². The van der Waals surface area contributed by atoms with Crippen molar-refractivity contribution in [1.82, 2.24) is 23.9 Å². The first-order valence-electron chi connectivity index (χ1n) is 11.1. The van der Waals surface area contributed by atoms with E-state index >= 15 is 0 Å². The van der Waals surface area contributed by atoms with E-state index in [1.54, 1.807) is 13.1 Å². The molecular weight excluding hydrogens is 492 g/mol. The second-order valence-corrected chi connectivity index (χ2v) is 9.29. The van der Waals surface area contributed by atoms with Crippen LogP contribution in [-0.4, -0.2) is 36.4 Å². The van der Waals surface area contributed by atoms with Crippen LogP contribution in [0.4, 0.5) is 5.13 Å². The molecule has 4 aromatic rings. The zero-order valence-electron chi connectivity index (χ0n) is 19.6. The summed E-state index contributed by atoms with van der Waals surface area (Å²) in [4.78, 5) is 41.8. The second-order valence-electron chi connectivity index (χ2n) is 8.03. The molecule has 0 saturated heterocycles. The van der Waals surface area contributed by atoms with Crippen molar-refractivity contribution in [3.63, 3.8) is 0 Å². The summed E-state index contributed by atoms with van der Waals surface area (Å²) in [5.41, 5.74) is 1.03. The van der Waals surface area contributed by atoms with Gasteiger partial charge in [0.15, 0.2) is 10.6 Å². The quantitative estimate of drug-likeness (QED) is 0.341. The first-order chi connectivity index (χ1) is 16.8. The van der Waals surface area contributed by atoms with Crippen molar-refractivity contribution in [1.29, 1.82) is 0 Å². The van der Waals surface area contributed by atoms with E-state index in [0.717, 1.165) is 29.4 Å². The van der Waals surface area contributed by atoms with Gasteiger partial charge in [-0.15, -0.1) is 11.3 Å². The first kappa shape index (κ1) is 24.7. The molecule has 0 unspecified atom stereocenters. The van der Waals surface area contributed by atoms with Gasteiger partial charge >= 0.3 is 5.69 Å². The predicted octanol–water partition coefficient (Wildman–Crippen LogP) is 3.42. The molecule has 0 bridgehead atoms. The standard InChI is InChI=1S/C23H25ClN6O4S/c1-4-5-6-9-34-18-8-7-14(10-15(18)24)16-13-35-22(26-16)27-19(31)12-30-20-17(11-25-30)28(2)23(33)29(3)21(20)32/h7-8,10-11,13H,4-6,9,12H2,1-3H3,(H,26,27,31). The van der Waals surface area contributed by atoms with Crippen molar-refractivity contribution < 1.29 is 9.53 Å². The normalized spacial score (nSPS) is 11.2. The van der Waals surface area contributed by atoms with Gasteiger partial charge in [0.05, 0.1) is 29.0 Å². The van der Waals surface area contributed by atoms with E-state index in [4.69, 9.17) is 16.3 Å². The molecule has 10 nitrogen and oxygen atoms in total. The fourth-order valence-electron chi connectivity index (χ4n) is 3.60. The van der Waals surface area contributed by atoms with Crippen LogP contribution < -0.4 is 21.3 Å². The number of benzene rings is 1. The van der Waals surface area contributed by atoms with Gasteiger partial charge in [0.1, 0.15) is 12.3 Å². The van der Waals surface area contributed by atoms with E-state index in [-0.39, 0.29) is 12.1 Å². The average Bonchev–Trinajstić information content (AvgIpc) is 3.47. The minimum Gasteiger partial charge on any atom is -0.492 e. The molecule has 0 atom stereocenters. The predicted molar refractivity (Wildman–Crippen MR) is 136 cm³/mol. The smallest absolute Gasteiger partial charge is 0.331 e. The van der Waals surface area contributed by atoms with E-state index in [1.807, 2.05) is 17.5 Å². The number of carbonyl (C=O) groups is 1. The van der Waals surface area contributed by atoms with Crippen LogP contribution in [0.2, 0.25) is 5.02 Å². The van der Waals surface area contributed by atoms with Gasteiger partial charge in [-0.25, -0.2) is 14.5 Å². The Morgan fingerprint density at radius 1 is 1.20 bits per heavy atom. The number of nitrogens with zero attached hydrogens (tertiary/aromatic N) is 5. The Bertz CT molecular complexity index is 1500. The summed E-state index contributed by atoms with van der Waals surface area (Å²) in [5.74, 6) is 0.228. The van der Waals surface area contributed by atoms with E-state index < -0.39 is 17.2 Å². The maximum absolute atomic E-state index is 12.6. The molecule has 0 aliphatic carbocycles. The second kappa shape index (κ2) is 10.4. The van der Waals surface area contributed by atoms with Gasteiger partial charge in [-0.2, -0.15) is 5.10 Å².